The summed E-state index contributed by atoms with van der Waals surface area (Å²) in [6.45, 7) is 1.87. The van der Waals surface area contributed by atoms with E-state index in [0.29, 0.717) is 0 Å². The summed E-state index contributed by atoms with van der Waals surface area (Å²) < 4.78 is 1.27. The Bertz CT molecular complexity index is 581. The van der Waals surface area contributed by atoms with Crippen molar-refractivity contribution in [2.24, 2.45) is 0 Å². The number of thiazole rings is 1. The van der Waals surface area contributed by atoms with E-state index in [2.05, 4.69) is 45.3 Å². The highest BCUT2D eigenvalue weighted by Gasteiger charge is 2.02. The van der Waals surface area contributed by atoms with Crippen molar-refractivity contribution < 1.29 is 0 Å². The van der Waals surface area contributed by atoms with Crippen molar-refractivity contribution in [1.82, 2.24) is 10.3 Å². The average molecular weight is 274 g/mol. The van der Waals surface area contributed by atoms with E-state index in [9.17, 15) is 0 Å². The highest BCUT2D eigenvalue weighted by molar-refractivity contribution is 7.18. The van der Waals surface area contributed by atoms with Crippen molar-refractivity contribution in [3.8, 4) is 0 Å². The average Bonchev–Trinajstić information content (AvgIpc) is 3.03. The molecule has 4 heteroatoms. The Morgan fingerprint density at radius 3 is 2.94 bits per heavy atom. The van der Waals surface area contributed by atoms with Crippen LogP contribution in [-0.4, -0.2) is 11.5 Å². The molecule has 0 atom stereocenters. The van der Waals surface area contributed by atoms with Crippen LogP contribution in [-0.2, 0) is 13.0 Å². The van der Waals surface area contributed by atoms with Crippen LogP contribution in [0.2, 0.25) is 0 Å². The van der Waals surface area contributed by atoms with Gasteiger partial charge >= 0.3 is 0 Å². The minimum atomic E-state index is 0.865. The maximum atomic E-state index is 4.61. The molecule has 0 saturated carbocycles. The number of aromatic nitrogens is 1. The minimum Gasteiger partial charge on any atom is -0.310 e. The lowest BCUT2D eigenvalue weighted by atomic mass is 10.2. The lowest BCUT2D eigenvalue weighted by Gasteiger charge is -2.00. The molecule has 3 aromatic rings. The quantitative estimate of drug-likeness (QED) is 0.718. The molecule has 0 spiro atoms. The summed E-state index contributed by atoms with van der Waals surface area (Å²) in [7, 11) is 0. The van der Waals surface area contributed by atoms with Gasteiger partial charge in [-0.25, -0.2) is 4.98 Å². The molecule has 18 heavy (non-hydrogen) atoms. The molecule has 1 N–H and O–H groups in total. The van der Waals surface area contributed by atoms with E-state index < -0.39 is 0 Å². The Morgan fingerprint density at radius 2 is 2.11 bits per heavy atom. The zero-order valence-electron chi connectivity index (χ0n) is 9.93. The Hall–Kier alpha value is -1.23. The van der Waals surface area contributed by atoms with Crippen LogP contribution in [0.25, 0.3) is 10.2 Å². The standard InChI is InChI=1S/C14H14N2S2/c1-2-4-13-12(3-1)16-14(18-13)9-15-7-5-11-6-8-17-10-11/h1-4,6,8,10,15H,5,7,9H2. The molecule has 2 nitrogen and oxygen atoms in total. The van der Waals surface area contributed by atoms with Gasteiger partial charge < -0.3 is 5.32 Å². The van der Waals surface area contributed by atoms with Crippen molar-refractivity contribution in [2.75, 3.05) is 6.54 Å². The number of benzene rings is 1. The SMILES string of the molecule is c1ccc2sc(CNCCc3ccsc3)nc2c1. The summed E-state index contributed by atoms with van der Waals surface area (Å²) in [6.07, 6.45) is 1.09. The molecular formula is C14H14N2S2. The van der Waals surface area contributed by atoms with Crippen LogP contribution in [0, 0.1) is 0 Å². The molecule has 2 heterocycles. The lowest BCUT2D eigenvalue weighted by Crippen LogP contribution is -2.16. The zero-order valence-corrected chi connectivity index (χ0v) is 11.6. The maximum absolute atomic E-state index is 4.61. The zero-order chi connectivity index (χ0) is 12.2. The van der Waals surface area contributed by atoms with Crippen LogP contribution < -0.4 is 5.32 Å². The number of para-hydroxylation sites is 1. The van der Waals surface area contributed by atoms with Gasteiger partial charge in [-0.2, -0.15) is 11.3 Å². The molecule has 0 radical (unpaired) electrons. The van der Waals surface area contributed by atoms with Crippen LogP contribution in [0.15, 0.2) is 41.1 Å². The second-order valence-electron chi connectivity index (χ2n) is 4.13. The van der Waals surface area contributed by atoms with Crippen molar-refractivity contribution in [3.63, 3.8) is 0 Å². The van der Waals surface area contributed by atoms with Crippen molar-refractivity contribution in [1.29, 1.82) is 0 Å². The summed E-state index contributed by atoms with van der Waals surface area (Å²) in [6, 6.07) is 10.5. The van der Waals surface area contributed by atoms with Gasteiger partial charge in [0.1, 0.15) is 5.01 Å². The van der Waals surface area contributed by atoms with Gasteiger partial charge in [-0.3, -0.25) is 0 Å². The molecule has 0 bridgehead atoms. The smallest absolute Gasteiger partial charge is 0.108 e. The van der Waals surface area contributed by atoms with Crippen LogP contribution in [0.5, 0.6) is 0 Å². The summed E-state index contributed by atoms with van der Waals surface area (Å²) in [4.78, 5) is 4.61. The fraction of sp³-hybridized carbons (Fsp3) is 0.214. The van der Waals surface area contributed by atoms with Crippen LogP contribution in [0.4, 0.5) is 0 Å². The van der Waals surface area contributed by atoms with E-state index in [1.54, 1.807) is 22.7 Å². The maximum Gasteiger partial charge on any atom is 0.108 e. The largest absolute Gasteiger partial charge is 0.310 e. The van der Waals surface area contributed by atoms with Gasteiger partial charge in [-0.1, -0.05) is 12.1 Å². The third-order valence-electron chi connectivity index (χ3n) is 2.78. The molecule has 0 amide bonds. The highest BCUT2D eigenvalue weighted by Crippen LogP contribution is 2.21. The van der Waals surface area contributed by atoms with Gasteiger partial charge in [0.25, 0.3) is 0 Å². The van der Waals surface area contributed by atoms with E-state index in [1.807, 2.05) is 6.07 Å². The first-order valence-electron chi connectivity index (χ1n) is 5.98. The van der Waals surface area contributed by atoms with Crippen LogP contribution >= 0.6 is 22.7 Å². The number of nitrogens with zero attached hydrogens (tertiary/aromatic N) is 1. The summed E-state index contributed by atoms with van der Waals surface area (Å²) in [5, 5.41) is 8.96. The Kier molecular flexibility index (Phi) is 3.69. The number of hydrogen-bond acceptors (Lipinski definition) is 4. The fourth-order valence-electron chi connectivity index (χ4n) is 1.86. The van der Waals surface area contributed by atoms with Gasteiger partial charge in [-0.15, -0.1) is 11.3 Å². The van der Waals surface area contributed by atoms with E-state index in [0.717, 1.165) is 25.0 Å². The molecule has 2 aromatic heterocycles. The molecule has 1 aromatic carbocycles. The summed E-state index contributed by atoms with van der Waals surface area (Å²) in [5.74, 6) is 0. The molecular weight excluding hydrogens is 260 g/mol. The number of fused-ring (bicyclic) bond motifs is 1. The highest BCUT2D eigenvalue weighted by atomic mass is 32.1. The predicted molar refractivity (Wildman–Crippen MR) is 79.3 cm³/mol. The van der Waals surface area contributed by atoms with E-state index >= 15 is 0 Å². The van der Waals surface area contributed by atoms with Crippen molar-refractivity contribution in [2.45, 2.75) is 13.0 Å². The fourth-order valence-corrected chi connectivity index (χ4v) is 3.50. The second-order valence-corrected chi connectivity index (χ2v) is 6.03. The first-order valence-corrected chi connectivity index (χ1v) is 7.74. The predicted octanol–water partition coefficient (Wildman–Crippen LogP) is 3.69. The Balaban J connectivity index is 1.53. The van der Waals surface area contributed by atoms with Gasteiger partial charge in [0.05, 0.1) is 10.2 Å². The first kappa shape index (κ1) is 11.8. The Labute approximate surface area is 114 Å². The van der Waals surface area contributed by atoms with Gasteiger partial charge in [0, 0.05) is 6.54 Å². The normalized spacial score (nSPS) is 11.1. The molecule has 0 aliphatic carbocycles. The topological polar surface area (TPSA) is 24.9 Å². The molecule has 3 rings (SSSR count). The number of thiophene rings is 1. The van der Waals surface area contributed by atoms with Gasteiger partial charge in [-0.05, 0) is 47.5 Å². The number of rotatable bonds is 5. The monoisotopic (exact) mass is 274 g/mol. The van der Waals surface area contributed by atoms with Crippen molar-refractivity contribution in [3.05, 3.63) is 51.7 Å². The second kappa shape index (κ2) is 5.61. The molecule has 0 saturated heterocycles. The molecule has 92 valence electrons. The van der Waals surface area contributed by atoms with E-state index in [1.165, 1.54) is 15.3 Å². The molecule has 0 aliphatic rings. The number of hydrogen-bond donors (Lipinski definition) is 1. The van der Waals surface area contributed by atoms with Crippen molar-refractivity contribution >= 4 is 32.9 Å². The first-order chi connectivity index (χ1) is 8.92. The summed E-state index contributed by atoms with van der Waals surface area (Å²) in [5.41, 5.74) is 2.52. The van der Waals surface area contributed by atoms with Crippen LogP contribution in [0.3, 0.4) is 0 Å². The van der Waals surface area contributed by atoms with E-state index in [4.69, 9.17) is 0 Å². The van der Waals surface area contributed by atoms with Gasteiger partial charge in [0.15, 0.2) is 0 Å². The lowest BCUT2D eigenvalue weighted by molar-refractivity contribution is 0.685. The molecule has 0 aliphatic heterocycles. The molecule has 0 fully saturated rings. The van der Waals surface area contributed by atoms with Gasteiger partial charge in [0.2, 0.25) is 0 Å². The van der Waals surface area contributed by atoms with E-state index in [-0.39, 0.29) is 0 Å². The Morgan fingerprint density at radius 1 is 1.17 bits per heavy atom. The number of nitrogens with one attached hydrogen (secondary N) is 1. The molecule has 0 unspecified atom stereocenters. The summed E-state index contributed by atoms with van der Waals surface area (Å²) >= 11 is 3.53. The third kappa shape index (κ3) is 2.77. The minimum absolute atomic E-state index is 0.865. The van der Waals surface area contributed by atoms with Crippen LogP contribution in [0.1, 0.15) is 10.6 Å². The third-order valence-corrected chi connectivity index (χ3v) is 4.55.